The van der Waals surface area contributed by atoms with E-state index in [9.17, 15) is 4.79 Å². The maximum atomic E-state index is 11.6. The zero-order chi connectivity index (χ0) is 9.10. The van der Waals surface area contributed by atoms with Crippen molar-refractivity contribution in [1.29, 1.82) is 0 Å². The molecular formula is C10H16N2O. The standard InChI is InChI=1S/C10H16N2O/c13-10(9-6-3-7-11-9)12-8-4-1-2-5-8/h1-2,8-9,11H,3-7H2,(H,12,13). The Morgan fingerprint density at radius 1 is 1.38 bits per heavy atom. The fraction of sp³-hybridized carbons (Fsp3) is 0.700. The first-order valence-corrected chi connectivity index (χ1v) is 5.05. The molecule has 2 rings (SSSR count). The number of hydrogen-bond acceptors (Lipinski definition) is 2. The topological polar surface area (TPSA) is 41.1 Å². The van der Waals surface area contributed by atoms with Crippen molar-refractivity contribution in [2.24, 2.45) is 0 Å². The monoisotopic (exact) mass is 180 g/mol. The SMILES string of the molecule is O=C(NC1CC=CC1)C1CCCN1. The number of hydrogen-bond donors (Lipinski definition) is 2. The molecule has 0 aromatic carbocycles. The highest BCUT2D eigenvalue weighted by Gasteiger charge is 2.24. The number of carbonyl (C=O) groups excluding carboxylic acids is 1. The van der Waals surface area contributed by atoms with Crippen molar-refractivity contribution < 1.29 is 4.79 Å². The van der Waals surface area contributed by atoms with Gasteiger partial charge in [0, 0.05) is 6.04 Å². The lowest BCUT2D eigenvalue weighted by molar-refractivity contribution is -0.123. The zero-order valence-electron chi connectivity index (χ0n) is 7.75. The minimum Gasteiger partial charge on any atom is -0.351 e. The molecule has 1 aliphatic heterocycles. The highest BCUT2D eigenvalue weighted by atomic mass is 16.2. The van der Waals surface area contributed by atoms with Crippen LogP contribution in [0.5, 0.6) is 0 Å². The van der Waals surface area contributed by atoms with E-state index in [0.29, 0.717) is 6.04 Å². The van der Waals surface area contributed by atoms with Gasteiger partial charge in [-0.3, -0.25) is 4.79 Å². The van der Waals surface area contributed by atoms with Gasteiger partial charge in [0.1, 0.15) is 0 Å². The molecule has 0 spiro atoms. The Morgan fingerprint density at radius 2 is 2.15 bits per heavy atom. The molecule has 0 saturated carbocycles. The average Bonchev–Trinajstić information content (AvgIpc) is 2.74. The number of amides is 1. The highest BCUT2D eigenvalue weighted by Crippen LogP contribution is 2.11. The van der Waals surface area contributed by atoms with Gasteiger partial charge in [-0.1, -0.05) is 12.2 Å². The van der Waals surface area contributed by atoms with Gasteiger partial charge in [-0.25, -0.2) is 0 Å². The van der Waals surface area contributed by atoms with E-state index < -0.39 is 0 Å². The second-order valence-electron chi connectivity index (χ2n) is 3.80. The van der Waals surface area contributed by atoms with Crippen LogP contribution in [0, 0.1) is 0 Å². The Hall–Kier alpha value is -0.830. The van der Waals surface area contributed by atoms with Crippen molar-refractivity contribution in [2.45, 2.75) is 37.8 Å². The number of carbonyl (C=O) groups is 1. The van der Waals surface area contributed by atoms with Crippen LogP contribution in [0.15, 0.2) is 12.2 Å². The van der Waals surface area contributed by atoms with E-state index in [2.05, 4.69) is 22.8 Å². The van der Waals surface area contributed by atoms with Crippen LogP contribution in [0.1, 0.15) is 25.7 Å². The highest BCUT2D eigenvalue weighted by molar-refractivity contribution is 5.82. The van der Waals surface area contributed by atoms with Gasteiger partial charge in [-0.2, -0.15) is 0 Å². The first-order chi connectivity index (χ1) is 6.36. The third kappa shape index (κ3) is 2.10. The number of nitrogens with one attached hydrogen (secondary N) is 2. The van der Waals surface area contributed by atoms with E-state index in [1.807, 2.05) is 0 Å². The van der Waals surface area contributed by atoms with Crippen LogP contribution >= 0.6 is 0 Å². The zero-order valence-corrected chi connectivity index (χ0v) is 7.75. The Kier molecular flexibility index (Phi) is 2.64. The molecule has 3 heteroatoms. The van der Waals surface area contributed by atoms with Crippen LogP contribution in [0.2, 0.25) is 0 Å². The number of rotatable bonds is 2. The van der Waals surface area contributed by atoms with Crippen molar-refractivity contribution in [2.75, 3.05) is 6.54 Å². The minimum atomic E-state index is 0.0700. The molecule has 1 aliphatic carbocycles. The van der Waals surface area contributed by atoms with Gasteiger partial charge >= 0.3 is 0 Å². The van der Waals surface area contributed by atoms with E-state index in [1.54, 1.807) is 0 Å². The second-order valence-corrected chi connectivity index (χ2v) is 3.80. The third-order valence-electron chi connectivity index (χ3n) is 2.73. The molecule has 1 fully saturated rings. The van der Waals surface area contributed by atoms with E-state index in [-0.39, 0.29) is 11.9 Å². The molecule has 1 atom stereocenters. The summed E-state index contributed by atoms with van der Waals surface area (Å²) in [5, 5.41) is 6.25. The Labute approximate surface area is 78.6 Å². The molecule has 1 saturated heterocycles. The van der Waals surface area contributed by atoms with Crippen LogP contribution in [0.3, 0.4) is 0 Å². The summed E-state index contributed by atoms with van der Waals surface area (Å²) in [7, 11) is 0. The molecule has 1 heterocycles. The normalized spacial score (nSPS) is 28.2. The Balaban J connectivity index is 1.77. The molecule has 1 unspecified atom stereocenters. The van der Waals surface area contributed by atoms with Gasteiger partial charge in [0.05, 0.1) is 6.04 Å². The summed E-state index contributed by atoms with van der Waals surface area (Å²) < 4.78 is 0. The maximum Gasteiger partial charge on any atom is 0.237 e. The van der Waals surface area contributed by atoms with Crippen LogP contribution in [0.4, 0.5) is 0 Å². The third-order valence-corrected chi connectivity index (χ3v) is 2.73. The van der Waals surface area contributed by atoms with Crippen molar-refractivity contribution in [1.82, 2.24) is 10.6 Å². The molecule has 13 heavy (non-hydrogen) atoms. The lowest BCUT2D eigenvalue weighted by Crippen LogP contribution is -2.44. The first kappa shape index (κ1) is 8.75. The van der Waals surface area contributed by atoms with E-state index in [1.165, 1.54) is 0 Å². The smallest absolute Gasteiger partial charge is 0.237 e. The predicted molar refractivity (Wildman–Crippen MR) is 51.3 cm³/mol. The molecule has 1 amide bonds. The summed E-state index contributed by atoms with van der Waals surface area (Å²) in [6, 6.07) is 0.426. The summed E-state index contributed by atoms with van der Waals surface area (Å²) in [5.74, 6) is 0.186. The van der Waals surface area contributed by atoms with Gasteiger partial charge in [0.15, 0.2) is 0 Å². The second kappa shape index (κ2) is 3.92. The molecule has 0 aromatic rings. The lowest BCUT2D eigenvalue weighted by atomic mass is 10.2. The maximum absolute atomic E-state index is 11.6. The van der Waals surface area contributed by atoms with Gasteiger partial charge < -0.3 is 10.6 Å². The average molecular weight is 180 g/mol. The molecular weight excluding hydrogens is 164 g/mol. The van der Waals surface area contributed by atoms with Crippen molar-refractivity contribution in [3.05, 3.63) is 12.2 Å². The molecule has 0 bridgehead atoms. The molecule has 0 radical (unpaired) electrons. The van der Waals surface area contributed by atoms with Crippen molar-refractivity contribution in [3.63, 3.8) is 0 Å². The Morgan fingerprint density at radius 3 is 2.77 bits per heavy atom. The summed E-state index contributed by atoms with van der Waals surface area (Å²) in [5.41, 5.74) is 0. The summed E-state index contributed by atoms with van der Waals surface area (Å²) in [6.45, 7) is 0.987. The lowest BCUT2D eigenvalue weighted by Gasteiger charge is -2.15. The van der Waals surface area contributed by atoms with Crippen LogP contribution in [-0.2, 0) is 4.79 Å². The van der Waals surface area contributed by atoms with E-state index >= 15 is 0 Å². The van der Waals surface area contributed by atoms with E-state index in [4.69, 9.17) is 0 Å². The molecule has 2 N–H and O–H groups in total. The summed E-state index contributed by atoms with van der Waals surface area (Å²) >= 11 is 0. The largest absolute Gasteiger partial charge is 0.351 e. The molecule has 72 valence electrons. The van der Waals surface area contributed by atoms with Crippen LogP contribution in [-0.4, -0.2) is 24.5 Å². The van der Waals surface area contributed by atoms with Crippen LogP contribution in [0.25, 0.3) is 0 Å². The van der Waals surface area contributed by atoms with Crippen molar-refractivity contribution in [3.8, 4) is 0 Å². The summed E-state index contributed by atoms with van der Waals surface area (Å²) in [4.78, 5) is 11.6. The molecule has 2 aliphatic rings. The van der Waals surface area contributed by atoms with Crippen LogP contribution < -0.4 is 10.6 Å². The fourth-order valence-electron chi connectivity index (χ4n) is 1.95. The van der Waals surface area contributed by atoms with E-state index in [0.717, 1.165) is 32.2 Å². The molecule has 3 nitrogen and oxygen atoms in total. The fourth-order valence-corrected chi connectivity index (χ4v) is 1.95. The predicted octanol–water partition coefficient (Wildman–Crippen LogP) is 0.573. The van der Waals surface area contributed by atoms with Gasteiger partial charge in [0.25, 0.3) is 0 Å². The quantitative estimate of drug-likeness (QED) is 0.610. The van der Waals surface area contributed by atoms with Crippen molar-refractivity contribution >= 4 is 5.91 Å². The minimum absolute atomic E-state index is 0.0700. The Bertz CT molecular complexity index is 211. The van der Waals surface area contributed by atoms with Gasteiger partial charge in [-0.15, -0.1) is 0 Å². The summed E-state index contributed by atoms with van der Waals surface area (Å²) in [6.07, 6.45) is 8.38. The van der Waals surface area contributed by atoms with Gasteiger partial charge in [0.2, 0.25) is 5.91 Å². The van der Waals surface area contributed by atoms with Gasteiger partial charge in [-0.05, 0) is 32.2 Å². The first-order valence-electron chi connectivity index (χ1n) is 5.05. The molecule has 0 aromatic heterocycles.